The van der Waals surface area contributed by atoms with E-state index < -0.39 is 15.8 Å². The molecule has 0 unspecified atom stereocenters. The van der Waals surface area contributed by atoms with E-state index in [1.165, 1.54) is 12.1 Å². The van der Waals surface area contributed by atoms with E-state index in [-0.39, 0.29) is 18.4 Å². The molecular formula is C29H24FN9O3S. The van der Waals surface area contributed by atoms with Gasteiger partial charge in [0.25, 0.3) is 0 Å². The standard InChI is InChI=1S/C29H24FN9O3S/c1-43(41,42)33-10-15-6-17(8-19(30)7-15)21-13-32-14-24-25(21)37-28(36-24)27-26-23(38-39-27)5-4-22(35-26)18-9-20(12-31-11-18)34-29(40)16-2-3-16/h4-9,11-14,16,33H,2-3,10H2,1H3,(H,34,40)(H,36,37)(H,38,39). The first-order chi connectivity index (χ1) is 20.7. The highest BCUT2D eigenvalue weighted by Crippen LogP contribution is 2.33. The molecule has 4 N–H and O–H groups in total. The lowest BCUT2D eigenvalue weighted by atomic mass is 10.0. The van der Waals surface area contributed by atoms with E-state index in [4.69, 9.17) is 9.97 Å². The number of pyridine rings is 3. The van der Waals surface area contributed by atoms with E-state index in [0.717, 1.165) is 24.7 Å². The number of sulfonamides is 1. The van der Waals surface area contributed by atoms with Crippen molar-refractivity contribution >= 4 is 43.7 Å². The minimum Gasteiger partial charge on any atom is -0.335 e. The minimum atomic E-state index is -3.45. The molecule has 1 fully saturated rings. The van der Waals surface area contributed by atoms with Crippen molar-refractivity contribution in [2.24, 2.45) is 5.92 Å². The van der Waals surface area contributed by atoms with Gasteiger partial charge in [-0.05, 0) is 60.4 Å². The van der Waals surface area contributed by atoms with Gasteiger partial charge >= 0.3 is 0 Å². The van der Waals surface area contributed by atoms with Gasteiger partial charge in [-0.15, -0.1) is 0 Å². The molecule has 0 radical (unpaired) electrons. The van der Waals surface area contributed by atoms with Gasteiger partial charge in [-0.1, -0.05) is 0 Å². The quantitative estimate of drug-likeness (QED) is 0.203. The number of carbonyl (C=O) groups excluding carboxylic acids is 1. The summed E-state index contributed by atoms with van der Waals surface area (Å²) in [4.78, 5) is 33.7. The van der Waals surface area contributed by atoms with Crippen LogP contribution in [0.15, 0.2) is 61.2 Å². The van der Waals surface area contributed by atoms with Crippen LogP contribution in [0.25, 0.3) is 56.0 Å². The van der Waals surface area contributed by atoms with Crippen molar-refractivity contribution in [3.05, 3.63) is 72.6 Å². The van der Waals surface area contributed by atoms with Gasteiger partial charge in [-0.25, -0.2) is 27.5 Å². The summed E-state index contributed by atoms with van der Waals surface area (Å²) in [6.07, 6.45) is 9.34. The summed E-state index contributed by atoms with van der Waals surface area (Å²) < 4.78 is 40.0. The molecule has 1 aliphatic rings. The molecule has 0 bridgehead atoms. The Morgan fingerprint density at radius 2 is 1.81 bits per heavy atom. The van der Waals surface area contributed by atoms with E-state index in [1.807, 2.05) is 18.2 Å². The van der Waals surface area contributed by atoms with Crippen LogP contribution >= 0.6 is 0 Å². The number of hydrogen-bond donors (Lipinski definition) is 4. The van der Waals surface area contributed by atoms with Crippen LogP contribution < -0.4 is 10.0 Å². The van der Waals surface area contributed by atoms with Crippen LogP contribution in [0.5, 0.6) is 0 Å². The molecule has 14 heteroatoms. The molecular weight excluding hydrogens is 573 g/mol. The first-order valence-corrected chi connectivity index (χ1v) is 15.3. The maximum absolute atomic E-state index is 14.6. The smallest absolute Gasteiger partial charge is 0.227 e. The summed E-state index contributed by atoms with van der Waals surface area (Å²) in [5.74, 6) is -0.0143. The predicted octanol–water partition coefficient (Wildman–Crippen LogP) is 4.16. The lowest BCUT2D eigenvalue weighted by Crippen LogP contribution is -2.21. The lowest BCUT2D eigenvalue weighted by molar-refractivity contribution is -0.117. The van der Waals surface area contributed by atoms with Crippen molar-refractivity contribution in [1.29, 1.82) is 0 Å². The maximum Gasteiger partial charge on any atom is 0.227 e. The third kappa shape index (κ3) is 5.57. The summed E-state index contributed by atoms with van der Waals surface area (Å²) in [5, 5.41) is 10.4. The number of benzene rings is 1. The molecule has 5 heterocycles. The molecule has 12 nitrogen and oxygen atoms in total. The van der Waals surface area contributed by atoms with Crippen LogP contribution in [0.2, 0.25) is 0 Å². The number of aromatic nitrogens is 7. The zero-order valence-electron chi connectivity index (χ0n) is 22.7. The Balaban J connectivity index is 1.25. The predicted molar refractivity (Wildman–Crippen MR) is 158 cm³/mol. The Labute approximate surface area is 244 Å². The molecule has 0 aliphatic heterocycles. The summed E-state index contributed by atoms with van der Waals surface area (Å²) in [6.45, 7) is -0.0581. The second kappa shape index (κ2) is 10.3. The van der Waals surface area contributed by atoms with Gasteiger partial charge in [0, 0.05) is 36.0 Å². The Kier molecular flexibility index (Phi) is 6.43. The van der Waals surface area contributed by atoms with Gasteiger partial charge in [0.15, 0.2) is 11.5 Å². The van der Waals surface area contributed by atoms with Gasteiger partial charge in [-0.2, -0.15) is 5.10 Å². The van der Waals surface area contributed by atoms with Crippen molar-refractivity contribution in [2.45, 2.75) is 19.4 Å². The van der Waals surface area contributed by atoms with Crippen molar-refractivity contribution in [3.8, 4) is 33.9 Å². The van der Waals surface area contributed by atoms with Crippen molar-refractivity contribution in [2.75, 3.05) is 11.6 Å². The molecule has 0 saturated heterocycles. The number of hydrogen-bond acceptors (Lipinski definition) is 8. The molecule has 6 aromatic rings. The van der Waals surface area contributed by atoms with Crippen molar-refractivity contribution in [1.82, 2.24) is 39.8 Å². The van der Waals surface area contributed by atoms with Gasteiger partial charge < -0.3 is 10.3 Å². The average Bonchev–Trinajstić information content (AvgIpc) is 3.61. The molecule has 0 spiro atoms. The molecule has 1 saturated carbocycles. The molecule has 216 valence electrons. The zero-order valence-corrected chi connectivity index (χ0v) is 23.5. The maximum atomic E-state index is 14.6. The summed E-state index contributed by atoms with van der Waals surface area (Å²) >= 11 is 0. The number of rotatable bonds is 8. The van der Waals surface area contributed by atoms with Gasteiger partial charge in [-0.3, -0.25) is 19.9 Å². The fourth-order valence-electron chi connectivity index (χ4n) is 4.84. The summed E-state index contributed by atoms with van der Waals surface area (Å²) in [7, 11) is -3.45. The SMILES string of the molecule is CS(=O)(=O)NCc1cc(F)cc(-c2cncc3[nH]c(-c4n[nH]c5ccc(-c6cncc(NC(=O)C7CC7)c6)nc45)nc23)c1. The number of amides is 1. The third-order valence-corrected chi connectivity index (χ3v) is 7.75. The van der Waals surface area contributed by atoms with Gasteiger partial charge in [0.2, 0.25) is 15.9 Å². The molecule has 0 atom stereocenters. The number of fused-ring (bicyclic) bond motifs is 2. The first kappa shape index (κ1) is 26.8. The Morgan fingerprint density at radius 1 is 0.977 bits per heavy atom. The fraction of sp³-hybridized carbons (Fsp3) is 0.172. The average molecular weight is 598 g/mol. The molecule has 43 heavy (non-hydrogen) atoms. The normalized spacial score (nSPS) is 13.5. The Hall–Kier alpha value is -5.08. The van der Waals surface area contributed by atoms with Crippen LogP contribution in [0, 0.1) is 11.7 Å². The number of nitrogens with one attached hydrogen (secondary N) is 4. The van der Waals surface area contributed by atoms with Crippen LogP contribution in [-0.2, 0) is 21.4 Å². The second-order valence-corrected chi connectivity index (χ2v) is 12.3. The highest BCUT2D eigenvalue weighted by molar-refractivity contribution is 7.88. The lowest BCUT2D eigenvalue weighted by Gasteiger charge is -2.07. The van der Waals surface area contributed by atoms with E-state index in [1.54, 1.807) is 30.9 Å². The summed E-state index contributed by atoms with van der Waals surface area (Å²) in [5.41, 5.74) is 6.35. The highest BCUT2D eigenvalue weighted by Gasteiger charge is 2.29. The second-order valence-electron chi connectivity index (χ2n) is 10.5. The van der Waals surface area contributed by atoms with E-state index >= 15 is 0 Å². The largest absolute Gasteiger partial charge is 0.335 e. The third-order valence-electron chi connectivity index (χ3n) is 7.08. The summed E-state index contributed by atoms with van der Waals surface area (Å²) in [6, 6.07) is 9.85. The van der Waals surface area contributed by atoms with Gasteiger partial charge in [0.05, 0.1) is 46.6 Å². The first-order valence-electron chi connectivity index (χ1n) is 13.4. The number of anilines is 1. The molecule has 1 aliphatic carbocycles. The molecule has 5 aromatic heterocycles. The van der Waals surface area contributed by atoms with Crippen LogP contribution in [0.4, 0.5) is 10.1 Å². The van der Waals surface area contributed by atoms with E-state index in [2.05, 4.69) is 35.2 Å². The van der Waals surface area contributed by atoms with Crippen LogP contribution in [0.3, 0.4) is 0 Å². The zero-order chi connectivity index (χ0) is 29.7. The van der Waals surface area contributed by atoms with Crippen LogP contribution in [0.1, 0.15) is 18.4 Å². The molecule has 1 aromatic carbocycles. The van der Waals surface area contributed by atoms with Crippen molar-refractivity contribution < 1.29 is 17.6 Å². The molecule has 1 amide bonds. The van der Waals surface area contributed by atoms with Crippen molar-refractivity contribution in [3.63, 3.8) is 0 Å². The fourth-order valence-corrected chi connectivity index (χ4v) is 5.27. The van der Waals surface area contributed by atoms with E-state index in [9.17, 15) is 17.6 Å². The number of H-pyrrole nitrogens is 2. The van der Waals surface area contributed by atoms with E-state index in [0.29, 0.717) is 61.7 Å². The van der Waals surface area contributed by atoms with Crippen LogP contribution in [-0.4, -0.2) is 55.7 Å². The number of halogens is 1. The Bertz CT molecular complexity index is 2160. The number of nitrogens with zero attached hydrogens (tertiary/aromatic N) is 5. The number of carbonyl (C=O) groups is 1. The topological polar surface area (TPSA) is 171 Å². The molecule has 7 rings (SSSR count). The highest BCUT2D eigenvalue weighted by atomic mass is 32.2. The number of aromatic amines is 2. The Morgan fingerprint density at radius 3 is 2.63 bits per heavy atom. The number of imidazole rings is 1. The van der Waals surface area contributed by atoms with Gasteiger partial charge in [0.1, 0.15) is 11.3 Å². The minimum absolute atomic E-state index is 0.00161. The monoisotopic (exact) mass is 597 g/mol.